The van der Waals surface area contributed by atoms with Crippen LogP contribution in [0.2, 0.25) is 5.02 Å². The molecule has 0 radical (unpaired) electrons. The summed E-state index contributed by atoms with van der Waals surface area (Å²) in [7, 11) is -0.973. The van der Waals surface area contributed by atoms with Gasteiger partial charge in [0.25, 0.3) is 0 Å². The number of rotatable bonds is 8. The molecular weight excluding hydrogens is 392 g/mol. The van der Waals surface area contributed by atoms with Crippen LogP contribution in [0.4, 0.5) is 5.69 Å². The number of amides is 1. The van der Waals surface area contributed by atoms with Gasteiger partial charge < -0.3 is 14.8 Å². The maximum atomic E-state index is 12.8. The molecule has 0 unspecified atom stereocenters. The average molecular weight is 413 g/mol. The maximum Gasteiger partial charge on any atom is 0.243 e. The Balaban J connectivity index is 2.20. The summed E-state index contributed by atoms with van der Waals surface area (Å²) >= 11 is 6.03. The van der Waals surface area contributed by atoms with E-state index in [4.69, 9.17) is 21.1 Å². The molecule has 7 nitrogen and oxygen atoms in total. The molecule has 0 saturated heterocycles. The minimum absolute atomic E-state index is 0.0137. The van der Waals surface area contributed by atoms with Crippen molar-refractivity contribution in [1.82, 2.24) is 4.31 Å². The van der Waals surface area contributed by atoms with Gasteiger partial charge in [-0.3, -0.25) is 4.79 Å². The highest BCUT2D eigenvalue weighted by Crippen LogP contribution is 2.28. The molecule has 2 rings (SSSR count). The number of carbonyl (C=O) groups is 1. The van der Waals surface area contributed by atoms with E-state index in [0.29, 0.717) is 17.2 Å². The number of ether oxygens (including phenoxy) is 2. The van der Waals surface area contributed by atoms with Crippen LogP contribution in [-0.2, 0) is 14.8 Å². The second kappa shape index (κ2) is 9.07. The van der Waals surface area contributed by atoms with Gasteiger partial charge in [0.05, 0.1) is 36.4 Å². The van der Waals surface area contributed by atoms with E-state index in [1.54, 1.807) is 31.2 Å². The second-order valence-corrected chi connectivity index (χ2v) is 7.82. The van der Waals surface area contributed by atoms with E-state index in [2.05, 4.69) is 5.32 Å². The minimum atomic E-state index is -3.90. The second-order valence-electron chi connectivity index (χ2n) is 5.48. The van der Waals surface area contributed by atoms with E-state index in [1.807, 2.05) is 0 Å². The molecular formula is C18H21ClN2O5S. The van der Waals surface area contributed by atoms with Gasteiger partial charge in [0.15, 0.2) is 0 Å². The third-order valence-electron chi connectivity index (χ3n) is 3.81. The molecule has 2 aromatic rings. The lowest BCUT2D eigenvalue weighted by atomic mass is 10.3. The van der Waals surface area contributed by atoms with Crippen molar-refractivity contribution in [3.05, 3.63) is 47.5 Å². The van der Waals surface area contributed by atoms with E-state index >= 15 is 0 Å². The summed E-state index contributed by atoms with van der Waals surface area (Å²) in [6.07, 6.45) is 0. The summed E-state index contributed by atoms with van der Waals surface area (Å²) in [6.45, 7) is 1.42. The molecule has 0 aliphatic carbocycles. The zero-order valence-corrected chi connectivity index (χ0v) is 16.8. The number of nitrogens with zero attached hydrogens (tertiary/aromatic N) is 1. The predicted molar refractivity (Wildman–Crippen MR) is 104 cm³/mol. The van der Waals surface area contributed by atoms with E-state index in [-0.39, 0.29) is 23.0 Å². The molecule has 0 aliphatic rings. The van der Waals surface area contributed by atoms with Crippen LogP contribution in [0, 0.1) is 0 Å². The van der Waals surface area contributed by atoms with Crippen LogP contribution in [0.5, 0.6) is 11.5 Å². The van der Waals surface area contributed by atoms with Crippen molar-refractivity contribution in [2.24, 2.45) is 0 Å². The van der Waals surface area contributed by atoms with Crippen LogP contribution in [0.25, 0.3) is 0 Å². The van der Waals surface area contributed by atoms with Gasteiger partial charge >= 0.3 is 0 Å². The van der Waals surface area contributed by atoms with Gasteiger partial charge in [0.2, 0.25) is 15.9 Å². The summed E-state index contributed by atoms with van der Waals surface area (Å²) in [6, 6.07) is 11.0. The normalized spacial score (nSPS) is 11.3. The number of sulfonamides is 1. The van der Waals surface area contributed by atoms with E-state index in [9.17, 15) is 13.2 Å². The van der Waals surface area contributed by atoms with Gasteiger partial charge in [-0.15, -0.1) is 0 Å². The van der Waals surface area contributed by atoms with Crippen molar-refractivity contribution in [2.75, 3.05) is 32.6 Å². The highest BCUT2D eigenvalue weighted by molar-refractivity contribution is 7.89. The Hall–Kier alpha value is -2.29. The molecule has 2 aromatic carbocycles. The third kappa shape index (κ3) is 4.91. The van der Waals surface area contributed by atoms with Crippen LogP contribution in [0.1, 0.15) is 6.92 Å². The molecule has 0 fully saturated rings. The summed E-state index contributed by atoms with van der Waals surface area (Å²) in [5, 5.41) is 2.84. The van der Waals surface area contributed by atoms with Crippen LogP contribution < -0.4 is 14.8 Å². The van der Waals surface area contributed by atoms with Gasteiger partial charge in [-0.05, 0) is 30.3 Å². The molecule has 0 bridgehead atoms. The predicted octanol–water partition coefficient (Wildman–Crippen LogP) is 3.01. The Morgan fingerprint density at radius 3 is 2.37 bits per heavy atom. The lowest BCUT2D eigenvalue weighted by Crippen LogP contribution is -2.37. The van der Waals surface area contributed by atoms with E-state index < -0.39 is 15.9 Å². The van der Waals surface area contributed by atoms with Gasteiger partial charge in [-0.2, -0.15) is 4.31 Å². The summed E-state index contributed by atoms with van der Waals surface area (Å²) < 4.78 is 37.0. The molecule has 146 valence electrons. The first kappa shape index (κ1) is 21.0. The summed E-state index contributed by atoms with van der Waals surface area (Å²) in [5.74, 6) is 0.371. The van der Waals surface area contributed by atoms with Crippen molar-refractivity contribution < 1.29 is 22.7 Å². The highest BCUT2D eigenvalue weighted by Gasteiger charge is 2.26. The Labute approximate surface area is 163 Å². The molecule has 0 heterocycles. The fourth-order valence-electron chi connectivity index (χ4n) is 2.42. The average Bonchev–Trinajstić information content (AvgIpc) is 2.66. The first-order chi connectivity index (χ1) is 12.8. The van der Waals surface area contributed by atoms with E-state index in [1.165, 1.54) is 32.4 Å². The van der Waals surface area contributed by atoms with Crippen molar-refractivity contribution in [3.8, 4) is 11.5 Å². The number of halogens is 1. The van der Waals surface area contributed by atoms with Crippen molar-refractivity contribution in [3.63, 3.8) is 0 Å². The van der Waals surface area contributed by atoms with Gasteiger partial charge in [-0.25, -0.2) is 8.42 Å². The summed E-state index contributed by atoms with van der Waals surface area (Å²) in [5.41, 5.74) is 0.464. The molecule has 9 heteroatoms. The topological polar surface area (TPSA) is 84.9 Å². The molecule has 0 saturated carbocycles. The number of anilines is 1. The monoisotopic (exact) mass is 412 g/mol. The number of hydrogen-bond acceptors (Lipinski definition) is 5. The van der Waals surface area contributed by atoms with Crippen LogP contribution in [0.15, 0.2) is 47.4 Å². The van der Waals surface area contributed by atoms with Gasteiger partial charge in [0, 0.05) is 6.54 Å². The Morgan fingerprint density at radius 1 is 1.11 bits per heavy atom. The molecule has 1 amide bonds. The number of hydrogen-bond donors (Lipinski definition) is 1. The van der Waals surface area contributed by atoms with Crippen LogP contribution in [0.3, 0.4) is 0 Å². The first-order valence-electron chi connectivity index (χ1n) is 8.10. The molecule has 0 aliphatic heterocycles. The molecule has 27 heavy (non-hydrogen) atoms. The quantitative estimate of drug-likeness (QED) is 0.720. The number of likely N-dealkylation sites (N-methyl/N-ethyl adjacent to an activating group) is 1. The number of benzene rings is 2. The number of carbonyl (C=O) groups excluding carboxylic acids is 1. The van der Waals surface area contributed by atoms with Crippen molar-refractivity contribution in [2.45, 2.75) is 11.8 Å². The smallest absolute Gasteiger partial charge is 0.243 e. The molecule has 0 atom stereocenters. The lowest BCUT2D eigenvalue weighted by Gasteiger charge is -2.20. The van der Waals surface area contributed by atoms with E-state index in [0.717, 1.165) is 4.31 Å². The zero-order chi connectivity index (χ0) is 20.0. The Morgan fingerprint density at radius 2 is 1.78 bits per heavy atom. The molecule has 0 aromatic heterocycles. The number of methoxy groups -OCH3 is 2. The Kier molecular flexibility index (Phi) is 7.06. The van der Waals surface area contributed by atoms with Gasteiger partial charge in [-0.1, -0.05) is 30.7 Å². The van der Waals surface area contributed by atoms with Crippen molar-refractivity contribution >= 4 is 33.2 Å². The third-order valence-corrected chi connectivity index (χ3v) is 6.03. The number of nitrogens with one attached hydrogen (secondary N) is 1. The minimum Gasteiger partial charge on any atom is -0.495 e. The maximum absolute atomic E-state index is 12.8. The number of para-hydroxylation sites is 2. The first-order valence-corrected chi connectivity index (χ1v) is 9.91. The zero-order valence-electron chi connectivity index (χ0n) is 15.2. The van der Waals surface area contributed by atoms with Crippen molar-refractivity contribution in [1.29, 1.82) is 0 Å². The summed E-state index contributed by atoms with van der Waals surface area (Å²) in [4.78, 5) is 12.4. The van der Waals surface area contributed by atoms with Gasteiger partial charge in [0.1, 0.15) is 11.5 Å². The standard InChI is InChI=1S/C18H21ClN2O5S/c1-4-21(12-18(22)20-15-7-5-6-8-17(15)26-3)27(23,24)13-9-10-16(25-2)14(19)11-13/h5-11H,4,12H2,1-3H3,(H,20,22). The Bertz CT molecular complexity index is 918. The highest BCUT2D eigenvalue weighted by atomic mass is 35.5. The lowest BCUT2D eigenvalue weighted by molar-refractivity contribution is -0.116. The molecule has 0 spiro atoms. The molecule has 1 N–H and O–H groups in total. The largest absolute Gasteiger partial charge is 0.495 e. The van der Waals surface area contributed by atoms with Crippen LogP contribution in [-0.4, -0.2) is 45.9 Å². The van der Waals surface area contributed by atoms with Crippen LogP contribution >= 0.6 is 11.6 Å². The SMILES string of the molecule is CCN(CC(=O)Nc1ccccc1OC)S(=O)(=O)c1ccc(OC)c(Cl)c1. The fourth-order valence-corrected chi connectivity index (χ4v) is 4.18. The fraction of sp³-hybridized carbons (Fsp3) is 0.278.